The summed E-state index contributed by atoms with van der Waals surface area (Å²) in [6.07, 6.45) is 0.768. The van der Waals surface area contributed by atoms with Crippen LogP contribution in [0.3, 0.4) is 0 Å². The molecule has 0 aliphatic carbocycles. The van der Waals surface area contributed by atoms with E-state index >= 15 is 0 Å². The lowest BCUT2D eigenvalue weighted by Gasteiger charge is -2.14. The van der Waals surface area contributed by atoms with Crippen molar-refractivity contribution in [3.05, 3.63) is 59.4 Å². The van der Waals surface area contributed by atoms with E-state index in [1.165, 1.54) is 6.07 Å². The maximum atomic E-state index is 13.8. The number of hydrogen-bond donors (Lipinski definition) is 3. The molecule has 0 saturated heterocycles. The highest BCUT2D eigenvalue weighted by Crippen LogP contribution is 2.28. The first-order valence-electron chi connectivity index (χ1n) is 10.3. The molecule has 2 rings (SSSR count). The molecule has 1 unspecified atom stereocenters. The zero-order chi connectivity index (χ0) is 21.8. The van der Waals surface area contributed by atoms with Crippen LogP contribution in [0.25, 0.3) is 0 Å². The number of ether oxygens (including phenoxy) is 2. The Hall–Kier alpha value is -2.80. The summed E-state index contributed by atoms with van der Waals surface area (Å²) >= 11 is 0. The van der Waals surface area contributed by atoms with Gasteiger partial charge in [0.2, 0.25) is 0 Å². The van der Waals surface area contributed by atoms with Crippen LogP contribution < -0.4 is 20.1 Å². The summed E-state index contributed by atoms with van der Waals surface area (Å²) in [7, 11) is 1.63. The lowest BCUT2D eigenvalue weighted by Crippen LogP contribution is -2.38. The van der Waals surface area contributed by atoms with Gasteiger partial charge in [0.1, 0.15) is 11.9 Å². The van der Waals surface area contributed by atoms with E-state index in [4.69, 9.17) is 9.47 Å². The molecular weight excluding hydrogens is 385 g/mol. The summed E-state index contributed by atoms with van der Waals surface area (Å²) in [5, 5.41) is 16.6. The first-order valence-corrected chi connectivity index (χ1v) is 10.3. The predicted molar refractivity (Wildman–Crippen MR) is 118 cm³/mol. The molecule has 0 radical (unpaired) electrons. The minimum Gasteiger partial charge on any atom is -0.493 e. The molecule has 0 fully saturated rings. The normalized spacial score (nSPS) is 12.4. The Morgan fingerprint density at radius 1 is 1.13 bits per heavy atom. The van der Waals surface area contributed by atoms with Crippen LogP contribution >= 0.6 is 0 Å². The van der Waals surface area contributed by atoms with Crippen LogP contribution in [0.2, 0.25) is 0 Å². The molecule has 0 spiro atoms. The molecule has 6 nitrogen and oxygen atoms in total. The smallest absolute Gasteiger partial charge is 0.191 e. The second-order valence-electron chi connectivity index (χ2n) is 6.71. The van der Waals surface area contributed by atoms with Gasteiger partial charge in [-0.15, -0.1) is 0 Å². The molecule has 0 saturated carbocycles. The molecule has 0 heterocycles. The number of halogens is 1. The molecule has 0 bridgehead atoms. The van der Waals surface area contributed by atoms with Gasteiger partial charge in [0.05, 0.1) is 20.3 Å². The third kappa shape index (κ3) is 7.22. The Balaban J connectivity index is 1.86. The Morgan fingerprint density at radius 3 is 2.63 bits per heavy atom. The number of aryl methyl sites for hydroxylation is 1. The van der Waals surface area contributed by atoms with Crippen LogP contribution in [-0.2, 0) is 6.42 Å². The lowest BCUT2D eigenvalue weighted by molar-refractivity contribution is 0.182. The van der Waals surface area contributed by atoms with Gasteiger partial charge in [-0.05, 0) is 50.5 Å². The van der Waals surface area contributed by atoms with E-state index in [-0.39, 0.29) is 12.1 Å². The van der Waals surface area contributed by atoms with Gasteiger partial charge in [0.25, 0.3) is 0 Å². The standard InChI is InChI=1S/C23H32FN3O3/c1-4-25-23(27-16-20(28)18-10-6-7-11-19(18)24)26-14-8-9-17-12-13-21(29-3)22(15-17)30-5-2/h6-7,10-13,15,20,28H,4-5,8-9,14,16H2,1-3H3,(H2,25,26,27). The van der Waals surface area contributed by atoms with Gasteiger partial charge in [-0.25, -0.2) is 4.39 Å². The number of rotatable bonds is 11. The minimum atomic E-state index is -0.988. The van der Waals surface area contributed by atoms with Gasteiger partial charge in [-0.2, -0.15) is 0 Å². The number of aliphatic imine (C=N–C) groups is 1. The lowest BCUT2D eigenvalue weighted by atomic mass is 10.1. The largest absolute Gasteiger partial charge is 0.493 e. The molecule has 3 N–H and O–H groups in total. The van der Waals surface area contributed by atoms with Crippen molar-refractivity contribution in [1.29, 1.82) is 0 Å². The number of methoxy groups -OCH3 is 1. The molecule has 2 aromatic carbocycles. The third-order valence-electron chi connectivity index (χ3n) is 4.49. The maximum absolute atomic E-state index is 13.8. The minimum absolute atomic E-state index is 0.0759. The van der Waals surface area contributed by atoms with Crippen molar-refractivity contribution < 1.29 is 19.0 Å². The predicted octanol–water partition coefficient (Wildman–Crippen LogP) is 3.45. The molecule has 0 aliphatic heterocycles. The van der Waals surface area contributed by atoms with Crippen molar-refractivity contribution in [1.82, 2.24) is 10.6 Å². The highest BCUT2D eigenvalue weighted by Gasteiger charge is 2.12. The molecule has 0 amide bonds. The molecular formula is C23H32FN3O3. The summed E-state index contributed by atoms with van der Waals surface area (Å²) in [4.78, 5) is 4.38. The van der Waals surface area contributed by atoms with E-state index in [0.29, 0.717) is 25.7 Å². The van der Waals surface area contributed by atoms with Gasteiger partial charge in [0.15, 0.2) is 17.5 Å². The number of hydrogen-bond acceptors (Lipinski definition) is 4. The van der Waals surface area contributed by atoms with Crippen molar-refractivity contribution in [2.45, 2.75) is 32.8 Å². The third-order valence-corrected chi connectivity index (χ3v) is 4.49. The van der Waals surface area contributed by atoms with E-state index in [0.717, 1.165) is 29.9 Å². The van der Waals surface area contributed by atoms with E-state index in [9.17, 15) is 9.50 Å². The van der Waals surface area contributed by atoms with Crippen LogP contribution in [-0.4, -0.2) is 44.4 Å². The van der Waals surface area contributed by atoms with Crippen LogP contribution in [0.15, 0.2) is 47.5 Å². The van der Waals surface area contributed by atoms with Gasteiger partial charge in [-0.3, -0.25) is 4.99 Å². The molecule has 1 atom stereocenters. The summed E-state index contributed by atoms with van der Waals surface area (Å²) in [5.41, 5.74) is 1.42. The molecule has 164 valence electrons. The SMILES string of the molecule is CCNC(=NCC(O)c1ccccc1F)NCCCc1ccc(OC)c(OCC)c1. The molecule has 2 aromatic rings. The molecule has 7 heteroatoms. The topological polar surface area (TPSA) is 75.1 Å². The van der Waals surface area contributed by atoms with E-state index in [1.807, 2.05) is 32.0 Å². The zero-order valence-electron chi connectivity index (χ0n) is 18.0. The molecule has 0 aromatic heterocycles. The van der Waals surface area contributed by atoms with Gasteiger partial charge < -0.3 is 25.2 Å². The quantitative estimate of drug-likeness (QED) is 0.297. The highest BCUT2D eigenvalue weighted by molar-refractivity contribution is 5.79. The van der Waals surface area contributed by atoms with Crippen molar-refractivity contribution >= 4 is 5.96 Å². The average molecular weight is 418 g/mol. The van der Waals surface area contributed by atoms with Crippen LogP contribution in [0, 0.1) is 5.82 Å². The van der Waals surface area contributed by atoms with Crippen LogP contribution in [0.4, 0.5) is 4.39 Å². The van der Waals surface area contributed by atoms with Crippen molar-refractivity contribution in [3.8, 4) is 11.5 Å². The Labute approximate surface area is 178 Å². The highest BCUT2D eigenvalue weighted by atomic mass is 19.1. The Morgan fingerprint density at radius 2 is 1.93 bits per heavy atom. The fourth-order valence-electron chi connectivity index (χ4n) is 3.01. The van der Waals surface area contributed by atoms with E-state index in [2.05, 4.69) is 15.6 Å². The van der Waals surface area contributed by atoms with Crippen LogP contribution in [0.5, 0.6) is 11.5 Å². The molecule has 0 aliphatic rings. The number of aliphatic hydroxyl groups is 1. The first-order chi connectivity index (χ1) is 14.6. The number of nitrogens with one attached hydrogen (secondary N) is 2. The molecule has 30 heavy (non-hydrogen) atoms. The van der Waals surface area contributed by atoms with E-state index in [1.54, 1.807) is 25.3 Å². The van der Waals surface area contributed by atoms with Gasteiger partial charge >= 0.3 is 0 Å². The monoisotopic (exact) mass is 417 g/mol. The number of guanidine groups is 1. The number of aliphatic hydroxyl groups excluding tert-OH is 1. The summed E-state index contributed by atoms with van der Waals surface area (Å²) in [5.74, 6) is 1.65. The first kappa shape index (κ1) is 23.5. The zero-order valence-corrected chi connectivity index (χ0v) is 18.0. The maximum Gasteiger partial charge on any atom is 0.191 e. The van der Waals surface area contributed by atoms with Gasteiger partial charge in [-0.1, -0.05) is 24.3 Å². The van der Waals surface area contributed by atoms with E-state index < -0.39 is 11.9 Å². The summed E-state index contributed by atoms with van der Waals surface area (Å²) in [6.45, 7) is 5.97. The summed E-state index contributed by atoms with van der Waals surface area (Å²) in [6, 6.07) is 12.2. The van der Waals surface area contributed by atoms with Crippen LogP contribution in [0.1, 0.15) is 37.5 Å². The number of benzene rings is 2. The number of nitrogens with zero attached hydrogens (tertiary/aromatic N) is 1. The second-order valence-corrected chi connectivity index (χ2v) is 6.71. The van der Waals surface area contributed by atoms with Gasteiger partial charge in [0, 0.05) is 18.7 Å². The average Bonchev–Trinajstić information content (AvgIpc) is 2.75. The summed E-state index contributed by atoms with van der Waals surface area (Å²) < 4.78 is 24.7. The van der Waals surface area contributed by atoms with Crippen molar-refractivity contribution in [2.75, 3.05) is 33.4 Å². The Kier molecular flexibility index (Phi) is 9.94. The fraction of sp³-hybridized carbons (Fsp3) is 0.435. The van der Waals surface area contributed by atoms with Crippen molar-refractivity contribution in [3.63, 3.8) is 0 Å². The second kappa shape index (κ2) is 12.7. The Bertz CT molecular complexity index is 814. The van der Waals surface area contributed by atoms with Crippen molar-refractivity contribution in [2.24, 2.45) is 4.99 Å². The fourth-order valence-corrected chi connectivity index (χ4v) is 3.01.